The van der Waals surface area contributed by atoms with Gasteiger partial charge >= 0.3 is 6.25 Å². The molecule has 0 unspecified atom stereocenters. The number of benzene rings is 3. The monoisotopic (exact) mass is 535 g/mol. The number of hydrogen-bond donors (Lipinski definition) is 0. The van der Waals surface area contributed by atoms with Gasteiger partial charge < -0.3 is 0 Å². The molecule has 1 radical (unpaired) electrons. The minimum absolute atomic E-state index is 0.274. The number of rotatable bonds is 6. The van der Waals surface area contributed by atoms with E-state index in [9.17, 15) is 25.3 Å². The molecular weight excluding hydrogens is 509 g/mol. The summed E-state index contributed by atoms with van der Waals surface area (Å²) >= 11 is 0. The SMILES string of the molecule is Cc1cccc(S(=O)(=O)[Si](S(=O)(=O)c2cccc(C)c2C)S(=O)(=O)c2cccc(C)c2C)c1C. The fourth-order valence-electron chi connectivity index (χ4n) is 3.75. The highest BCUT2D eigenvalue weighted by molar-refractivity contribution is 8.69. The van der Waals surface area contributed by atoms with Gasteiger partial charge in [0.15, 0.2) is 27.9 Å². The summed E-state index contributed by atoms with van der Waals surface area (Å²) in [5.74, 6) is 0. The maximum atomic E-state index is 14.0. The molecule has 0 aliphatic carbocycles. The maximum Gasteiger partial charge on any atom is 0.508 e. The highest BCUT2D eigenvalue weighted by Gasteiger charge is 2.57. The molecular formula is C24H27O6S3Si. The molecule has 3 aromatic carbocycles. The molecule has 0 spiro atoms. The van der Waals surface area contributed by atoms with Crippen molar-refractivity contribution < 1.29 is 25.3 Å². The zero-order valence-electron chi connectivity index (χ0n) is 19.9. The van der Waals surface area contributed by atoms with Crippen LogP contribution >= 0.6 is 0 Å². The normalized spacial score (nSPS) is 12.8. The van der Waals surface area contributed by atoms with Crippen LogP contribution in [0.1, 0.15) is 33.4 Å². The molecule has 181 valence electrons. The smallest absolute Gasteiger partial charge is 0.229 e. The van der Waals surface area contributed by atoms with Crippen LogP contribution in [0, 0.1) is 41.5 Å². The third-order valence-corrected chi connectivity index (χ3v) is 28.3. The molecule has 3 rings (SSSR count). The molecule has 0 aliphatic rings. The second kappa shape index (κ2) is 9.07. The summed E-state index contributed by atoms with van der Waals surface area (Å²) in [4.78, 5) is -0.822. The Labute approximate surface area is 203 Å². The summed E-state index contributed by atoms with van der Waals surface area (Å²) in [6, 6.07) is 13.4. The molecule has 0 bridgehead atoms. The van der Waals surface area contributed by atoms with Crippen LogP contribution in [0.5, 0.6) is 0 Å². The molecule has 0 fully saturated rings. The molecule has 0 heterocycles. The van der Waals surface area contributed by atoms with Crippen LogP contribution in [0.4, 0.5) is 0 Å². The van der Waals surface area contributed by atoms with Gasteiger partial charge in [-0.1, -0.05) is 36.4 Å². The lowest BCUT2D eigenvalue weighted by atomic mass is 10.1. The Morgan fingerprint density at radius 2 is 0.676 bits per heavy atom. The quantitative estimate of drug-likeness (QED) is 0.438. The van der Waals surface area contributed by atoms with E-state index >= 15 is 0 Å². The van der Waals surface area contributed by atoms with E-state index in [0.717, 1.165) is 0 Å². The van der Waals surface area contributed by atoms with Crippen LogP contribution in [0.15, 0.2) is 69.3 Å². The average molecular weight is 536 g/mol. The maximum absolute atomic E-state index is 14.0. The van der Waals surface area contributed by atoms with Gasteiger partial charge in [-0.2, -0.15) is 0 Å². The van der Waals surface area contributed by atoms with Crippen molar-refractivity contribution in [2.24, 2.45) is 0 Å². The minimum Gasteiger partial charge on any atom is -0.229 e. The van der Waals surface area contributed by atoms with Crippen LogP contribution in [0.2, 0.25) is 0 Å². The van der Waals surface area contributed by atoms with Crippen molar-refractivity contribution in [1.82, 2.24) is 0 Å². The van der Waals surface area contributed by atoms with E-state index in [1.807, 2.05) is 0 Å². The molecule has 0 aromatic heterocycles. The fourth-order valence-corrected chi connectivity index (χ4v) is 26.5. The van der Waals surface area contributed by atoms with E-state index in [4.69, 9.17) is 0 Å². The molecule has 10 heteroatoms. The highest BCUT2D eigenvalue weighted by Crippen LogP contribution is 2.35. The van der Waals surface area contributed by atoms with Crippen molar-refractivity contribution in [2.45, 2.75) is 56.2 Å². The van der Waals surface area contributed by atoms with Crippen molar-refractivity contribution in [3.63, 3.8) is 0 Å². The van der Waals surface area contributed by atoms with Gasteiger partial charge in [0.2, 0.25) is 0 Å². The summed E-state index contributed by atoms with van der Waals surface area (Å²) < 4.78 is 84.1. The van der Waals surface area contributed by atoms with Crippen LogP contribution < -0.4 is 0 Å². The van der Waals surface area contributed by atoms with E-state index in [1.54, 1.807) is 59.7 Å². The molecule has 0 saturated heterocycles. The van der Waals surface area contributed by atoms with Crippen LogP contribution in [-0.4, -0.2) is 31.5 Å². The Kier molecular flexibility index (Phi) is 7.02. The highest BCUT2D eigenvalue weighted by atomic mass is 32.8. The summed E-state index contributed by atoms with van der Waals surface area (Å²) in [5, 5.41) is 0. The summed E-state index contributed by atoms with van der Waals surface area (Å²) in [5.41, 5.74) is 2.86. The van der Waals surface area contributed by atoms with Gasteiger partial charge in [0, 0.05) is 0 Å². The third kappa shape index (κ3) is 4.28. The molecule has 0 N–H and O–H groups in total. The topological polar surface area (TPSA) is 102 Å². The van der Waals surface area contributed by atoms with Crippen molar-refractivity contribution >= 4 is 34.1 Å². The van der Waals surface area contributed by atoms with E-state index < -0.39 is 34.1 Å². The van der Waals surface area contributed by atoms with E-state index in [-0.39, 0.29) is 14.7 Å². The first kappa shape index (κ1) is 26.3. The van der Waals surface area contributed by atoms with Crippen molar-refractivity contribution in [2.75, 3.05) is 0 Å². The average Bonchev–Trinajstić information content (AvgIpc) is 2.72. The predicted molar refractivity (Wildman–Crippen MR) is 135 cm³/mol. The van der Waals surface area contributed by atoms with Gasteiger partial charge in [-0.3, -0.25) is 0 Å². The van der Waals surface area contributed by atoms with Gasteiger partial charge in [-0.15, -0.1) is 0 Å². The Morgan fingerprint density at radius 1 is 0.441 bits per heavy atom. The van der Waals surface area contributed by atoms with Gasteiger partial charge in [-0.05, 0) is 93.1 Å². The molecule has 3 aromatic rings. The molecule has 6 nitrogen and oxygen atoms in total. The van der Waals surface area contributed by atoms with E-state index in [2.05, 4.69) is 0 Å². The summed E-state index contributed by atoms with van der Waals surface area (Å²) in [7, 11) is -14.4. The second-order valence-corrected chi connectivity index (χ2v) is 24.0. The third-order valence-electron chi connectivity index (χ3n) is 6.19. The molecule has 0 saturated carbocycles. The number of aryl methyl sites for hydroxylation is 3. The standard InChI is InChI=1S/C24H27O6S3Si/c1-16-10-7-13-22(19(16)4)31(25,26)34(32(27,28)23-14-8-11-17(2)20(23)5)33(29,30)24-15-9-12-18(3)21(24)6/h7-15H,1-6H3. The van der Waals surface area contributed by atoms with Gasteiger partial charge in [0.1, 0.15) is 0 Å². The molecule has 34 heavy (non-hydrogen) atoms. The van der Waals surface area contributed by atoms with Crippen molar-refractivity contribution in [1.29, 1.82) is 0 Å². The Balaban J connectivity index is 2.48. The fraction of sp³-hybridized carbons (Fsp3) is 0.250. The van der Waals surface area contributed by atoms with Crippen LogP contribution in [0.3, 0.4) is 0 Å². The molecule has 0 aliphatic heterocycles. The van der Waals surface area contributed by atoms with Gasteiger partial charge in [0.05, 0.1) is 14.7 Å². The minimum atomic E-state index is -4.80. The van der Waals surface area contributed by atoms with E-state index in [1.165, 1.54) is 36.4 Å². The number of hydrogen-bond acceptors (Lipinski definition) is 6. The predicted octanol–water partition coefficient (Wildman–Crippen LogP) is 4.24. The summed E-state index contributed by atoms with van der Waals surface area (Å²) in [6.45, 7) is 9.74. The first-order chi connectivity index (χ1) is 15.6. The molecule has 0 atom stereocenters. The Bertz CT molecular complexity index is 1410. The largest absolute Gasteiger partial charge is 0.508 e. The van der Waals surface area contributed by atoms with Crippen LogP contribution in [0.25, 0.3) is 0 Å². The second-order valence-electron chi connectivity index (χ2n) is 8.35. The first-order valence-corrected chi connectivity index (χ1v) is 18.6. The van der Waals surface area contributed by atoms with Crippen molar-refractivity contribution in [3.05, 3.63) is 88.0 Å². The Morgan fingerprint density at radius 3 is 0.912 bits per heavy atom. The lowest BCUT2D eigenvalue weighted by Gasteiger charge is -2.20. The molecule has 0 amide bonds. The lowest BCUT2D eigenvalue weighted by Crippen LogP contribution is -2.44. The van der Waals surface area contributed by atoms with E-state index in [0.29, 0.717) is 33.4 Å². The lowest BCUT2D eigenvalue weighted by molar-refractivity contribution is 0.601. The first-order valence-electron chi connectivity index (χ1n) is 10.5. The van der Waals surface area contributed by atoms with Crippen molar-refractivity contribution in [3.8, 4) is 0 Å². The summed E-state index contributed by atoms with van der Waals surface area (Å²) in [6.07, 6.45) is -4.23. The zero-order chi connectivity index (χ0) is 25.6. The Hall–Kier alpha value is -2.27. The van der Waals surface area contributed by atoms with Gasteiger partial charge in [0.25, 0.3) is 0 Å². The van der Waals surface area contributed by atoms with Gasteiger partial charge in [-0.25, -0.2) is 25.3 Å². The zero-order valence-corrected chi connectivity index (χ0v) is 23.3. The van der Waals surface area contributed by atoms with Crippen LogP contribution in [-0.2, 0) is 27.9 Å².